The third-order valence-corrected chi connectivity index (χ3v) is 5.13. The summed E-state index contributed by atoms with van der Waals surface area (Å²) in [5.74, 6) is 0. The van der Waals surface area contributed by atoms with Crippen molar-refractivity contribution in [1.82, 2.24) is 0 Å². The first-order chi connectivity index (χ1) is 4.56. The van der Waals surface area contributed by atoms with E-state index in [0.29, 0.717) is 0 Å². The summed E-state index contributed by atoms with van der Waals surface area (Å²) in [4.78, 5) is 0. The van der Waals surface area contributed by atoms with E-state index in [2.05, 4.69) is 20.0 Å². The molecule has 0 N–H and O–H groups in total. The van der Waals surface area contributed by atoms with Gasteiger partial charge in [-0.15, -0.1) is 0 Å². The summed E-state index contributed by atoms with van der Waals surface area (Å²) in [6, 6.07) is 1.58. The van der Waals surface area contributed by atoms with Crippen LogP contribution in [-0.4, -0.2) is 31.7 Å². The van der Waals surface area contributed by atoms with Gasteiger partial charge in [0.05, 0.1) is 0 Å². The van der Waals surface area contributed by atoms with Crippen LogP contribution in [0, 0.1) is 0 Å². The minimum atomic E-state index is -0.568. The van der Waals surface area contributed by atoms with Crippen molar-refractivity contribution in [3.8, 4) is 0 Å². The quantitative estimate of drug-likeness (QED) is 0.435. The zero-order valence-electron chi connectivity index (χ0n) is 8.04. The van der Waals surface area contributed by atoms with Crippen LogP contribution in [0.25, 0.3) is 0 Å². The Labute approximate surface area is 83.0 Å². The van der Waals surface area contributed by atoms with E-state index in [0.717, 1.165) is 0 Å². The molecule has 0 aliphatic heterocycles. The number of hydrogen-bond acceptors (Lipinski definition) is 0. The molecule has 0 saturated carbocycles. The predicted octanol–water partition coefficient (Wildman–Crippen LogP) is 2.94. The SMILES string of the molecule is CCCCCC[Si](C)(C)[Na]. The van der Waals surface area contributed by atoms with Crippen molar-refractivity contribution in [2.75, 3.05) is 0 Å². The molecule has 10 heavy (non-hydrogen) atoms. The van der Waals surface area contributed by atoms with E-state index >= 15 is 0 Å². The molecule has 2 heteroatoms. The fourth-order valence-corrected chi connectivity index (χ4v) is 3.45. The van der Waals surface area contributed by atoms with Crippen LogP contribution in [0.15, 0.2) is 0 Å². The van der Waals surface area contributed by atoms with Gasteiger partial charge >= 0.3 is 83.4 Å². The van der Waals surface area contributed by atoms with Crippen LogP contribution in [-0.2, 0) is 0 Å². The third-order valence-electron chi connectivity index (χ3n) is 1.78. The van der Waals surface area contributed by atoms with E-state index in [9.17, 15) is 0 Å². The molecule has 0 fully saturated rings. The van der Waals surface area contributed by atoms with Gasteiger partial charge in [-0.3, -0.25) is 0 Å². The van der Waals surface area contributed by atoms with E-state index in [1.807, 2.05) is 0 Å². The zero-order chi connectivity index (χ0) is 8.04. The Balaban J connectivity index is 3.04. The van der Waals surface area contributed by atoms with Gasteiger partial charge in [0.1, 0.15) is 0 Å². The Kier molecular flexibility index (Phi) is 6.52. The number of rotatable bonds is 5. The monoisotopic (exact) mass is 166 g/mol. The Bertz CT molecular complexity index is 75.8. The van der Waals surface area contributed by atoms with Crippen LogP contribution in [0.1, 0.15) is 32.6 Å². The molecule has 0 atom stereocenters. The van der Waals surface area contributed by atoms with Crippen LogP contribution >= 0.6 is 0 Å². The number of unbranched alkanes of at least 4 members (excludes halogenated alkanes) is 3. The van der Waals surface area contributed by atoms with Gasteiger partial charge in [-0.1, -0.05) is 0 Å². The van der Waals surface area contributed by atoms with Crippen molar-refractivity contribution in [1.29, 1.82) is 0 Å². The van der Waals surface area contributed by atoms with Gasteiger partial charge in [0.25, 0.3) is 0 Å². The van der Waals surface area contributed by atoms with Gasteiger partial charge in [-0.05, 0) is 0 Å². The van der Waals surface area contributed by atoms with Crippen LogP contribution in [0.2, 0.25) is 19.1 Å². The third kappa shape index (κ3) is 9.22. The Morgan fingerprint density at radius 2 is 1.70 bits per heavy atom. The van der Waals surface area contributed by atoms with Gasteiger partial charge in [0, 0.05) is 0 Å². The molecular weight excluding hydrogens is 147 g/mol. The summed E-state index contributed by atoms with van der Waals surface area (Å²) in [6.45, 7) is 7.32. The molecule has 0 saturated heterocycles. The first-order valence-electron chi connectivity index (χ1n) is 4.56. The van der Waals surface area contributed by atoms with Crippen molar-refractivity contribution in [3.63, 3.8) is 0 Å². The van der Waals surface area contributed by atoms with E-state index in [4.69, 9.17) is 0 Å². The average molecular weight is 166 g/mol. The Morgan fingerprint density at radius 1 is 1.10 bits per heavy atom. The first kappa shape index (κ1) is 11.2. The molecule has 0 nitrogen and oxygen atoms in total. The fraction of sp³-hybridized carbons (Fsp3) is 1.00. The van der Waals surface area contributed by atoms with Crippen molar-refractivity contribution >= 4 is 31.7 Å². The summed E-state index contributed by atoms with van der Waals surface area (Å²) in [5, 5.41) is 0. The molecule has 0 heterocycles. The summed E-state index contributed by atoms with van der Waals surface area (Å²) >= 11 is 1.49. The molecule has 0 aliphatic carbocycles. The molecule has 0 amide bonds. The maximum absolute atomic E-state index is 2.52. The fourth-order valence-electron chi connectivity index (χ4n) is 1.08. The van der Waals surface area contributed by atoms with E-state index in [1.165, 1.54) is 52.7 Å². The summed E-state index contributed by atoms with van der Waals surface area (Å²) in [7, 11) is 0. The van der Waals surface area contributed by atoms with Gasteiger partial charge in [-0.25, -0.2) is 0 Å². The van der Waals surface area contributed by atoms with Gasteiger partial charge < -0.3 is 0 Å². The molecular formula is C8H19NaSi. The maximum atomic E-state index is 2.52. The first-order valence-corrected chi connectivity index (χ1v) is 11.3. The van der Waals surface area contributed by atoms with E-state index < -0.39 is 4.63 Å². The minimum absolute atomic E-state index is 0.568. The standard InChI is InChI=1S/C8H19Si.Na/c1-4-5-6-7-8-9(2)3;/h4-8H2,1-3H3;. The van der Waals surface area contributed by atoms with E-state index in [1.54, 1.807) is 6.04 Å². The second-order valence-electron chi connectivity index (χ2n) is 4.37. The van der Waals surface area contributed by atoms with Crippen molar-refractivity contribution in [3.05, 3.63) is 0 Å². The normalized spacial score (nSPS) is 12.1. The number of hydrogen-bond donors (Lipinski definition) is 0. The second-order valence-corrected chi connectivity index (χ2v) is 18.1. The van der Waals surface area contributed by atoms with E-state index in [-0.39, 0.29) is 0 Å². The van der Waals surface area contributed by atoms with Crippen LogP contribution in [0.4, 0.5) is 0 Å². The Morgan fingerprint density at radius 3 is 2.10 bits per heavy atom. The summed E-state index contributed by atoms with van der Waals surface area (Å²) in [6.07, 6.45) is 5.82. The van der Waals surface area contributed by atoms with Crippen molar-refractivity contribution in [2.24, 2.45) is 0 Å². The molecule has 0 aromatic carbocycles. The predicted molar refractivity (Wildman–Crippen MR) is 52.2 cm³/mol. The summed E-state index contributed by atoms with van der Waals surface area (Å²) < 4.78 is -0.568. The summed E-state index contributed by atoms with van der Waals surface area (Å²) in [5.41, 5.74) is 0. The molecule has 0 aliphatic rings. The van der Waals surface area contributed by atoms with Gasteiger partial charge in [0.15, 0.2) is 0 Å². The molecule has 0 unspecified atom stereocenters. The second kappa shape index (κ2) is 5.82. The molecule has 0 radical (unpaired) electrons. The zero-order valence-corrected chi connectivity index (χ0v) is 11.0. The average Bonchev–Trinajstić information content (AvgIpc) is 1.78. The molecule has 0 aromatic rings. The van der Waals surface area contributed by atoms with Crippen molar-refractivity contribution < 1.29 is 0 Å². The molecule has 56 valence electrons. The Hall–Kier alpha value is 1.22. The van der Waals surface area contributed by atoms with Crippen LogP contribution < -0.4 is 0 Å². The molecule has 0 aromatic heterocycles. The molecule has 0 spiro atoms. The van der Waals surface area contributed by atoms with Crippen LogP contribution in [0.5, 0.6) is 0 Å². The topological polar surface area (TPSA) is 0 Å². The molecule has 0 rings (SSSR count). The van der Waals surface area contributed by atoms with Crippen LogP contribution in [0.3, 0.4) is 0 Å². The molecule has 0 bridgehead atoms. The van der Waals surface area contributed by atoms with Gasteiger partial charge in [0.2, 0.25) is 0 Å². The van der Waals surface area contributed by atoms with Crippen molar-refractivity contribution in [2.45, 2.75) is 51.7 Å². The van der Waals surface area contributed by atoms with Gasteiger partial charge in [-0.2, -0.15) is 0 Å².